The third kappa shape index (κ3) is 3.74. The number of likely N-dealkylation sites (tertiary alicyclic amines) is 1. The van der Waals surface area contributed by atoms with E-state index in [1.807, 2.05) is 6.92 Å². The maximum atomic E-state index is 5.38. The maximum absolute atomic E-state index is 5.38. The number of rotatable bonds is 6. The molecule has 0 bridgehead atoms. The molecule has 136 valence electrons. The number of likely N-dealkylation sites (N-methyl/N-ethyl adjacent to an activating group) is 1. The Morgan fingerprint density at radius 2 is 2.04 bits per heavy atom. The Balaban J connectivity index is 1.36. The smallest absolute Gasteiger partial charge is 0.243 e. The van der Waals surface area contributed by atoms with E-state index in [1.54, 1.807) is 0 Å². The molecule has 2 aliphatic rings. The van der Waals surface area contributed by atoms with Crippen LogP contribution in [0, 0.1) is 6.92 Å². The van der Waals surface area contributed by atoms with Crippen LogP contribution in [0.5, 0.6) is 0 Å². The fourth-order valence-corrected chi connectivity index (χ4v) is 3.51. The van der Waals surface area contributed by atoms with E-state index in [4.69, 9.17) is 9.05 Å². The van der Waals surface area contributed by atoms with Crippen molar-refractivity contribution in [3.63, 3.8) is 0 Å². The first kappa shape index (κ1) is 16.7. The summed E-state index contributed by atoms with van der Waals surface area (Å²) < 4.78 is 10.7. The predicted octanol–water partition coefficient (Wildman–Crippen LogP) is 2.30. The zero-order valence-electron chi connectivity index (χ0n) is 15.2. The Bertz CT molecular complexity index is 710. The van der Waals surface area contributed by atoms with Crippen molar-refractivity contribution in [2.24, 2.45) is 0 Å². The van der Waals surface area contributed by atoms with Crippen LogP contribution >= 0.6 is 0 Å². The summed E-state index contributed by atoms with van der Waals surface area (Å²) in [5, 5.41) is 8.06. The van der Waals surface area contributed by atoms with Gasteiger partial charge in [-0.3, -0.25) is 9.80 Å². The Morgan fingerprint density at radius 1 is 1.20 bits per heavy atom. The summed E-state index contributed by atoms with van der Waals surface area (Å²) in [5.41, 5.74) is 0. The van der Waals surface area contributed by atoms with Crippen molar-refractivity contribution >= 4 is 0 Å². The van der Waals surface area contributed by atoms with E-state index in [2.05, 4.69) is 44.1 Å². The molecular weight excluding hydrogens is 320 g/mol. The van der Waals surface area contributed by atoms with E-state index in [1.165, 1.54) is 19.3 Å². The lowest BCUT2D eigenvalue weighted by molar-refractivity contribution is 0.0744. The minimum atomic E-state index is 0.109. The first-order valence-electron chi connectivity index (χ1n) is 9.17. The average molecular weight is 346 g/mol. The first-order valence-corrected chi connectivity index (χ1v) is 9.17. The summed E-state index contributed by atoms with van der Waals surface area (Å²) in [6, 6.07) is 0.559. The van der Waals surface area contributed by atoms with E-state index < -0.39 is 0 Å². The van der Waals surface area contributed by atoms with Crippen LogP contribution in [0.3, 0.4) is 0 Å². The quantitative estimate of drug-likeness (QED) is 0.788. The Labute approximate surface area is 147 Å². The minimum Gasteiger partial charge on any atom is -0.339 e. The molecule has 2 atom stereocenters. The van der Waals surface area contributed by atoms with E-state index >= 15 is 0 Å². The molecule has 0 unspecified atom stereocenters. The van der Waals surface area contributed by atoms with Gasteiger partial charge in [-0.2, -0.15) is 9.97 Å². The van der Waals surface area contributed by atoms with Gasteiger partial charge < -0.3 is 9.05 Å². The van der Waals surface area contributed by atoms with Gasteiger partial charge in [-0.05, 0) is 53.1 Å². The lowest BCUT2D eigenvalue weighted by Crippen LogP contribution is -2.47. The number of piperidine rings is 1. The van der Waals surface area contributed by atoms with Crippen LogP contribution < -0.4 is 0 Å². The van der Waals surface area contributed by atoms with Crippen molar-refractivity contribution in [1.29, 1.82) is 0 Å². The van der Waals surface area contributed by atoms with Crippen LogP contribution in [0.15, 0.2) is 9.05 Å². The summed E-state index contributed by atoms with van der Waals surface area (Å²) in [5.74, 6) is 3.51. The van der Waals surface area contributed by atoms with E-state index in [9.17, 15) is 0 Å². The monoisotopic (exact) mass is 346 g/mol. The first-order chi connectivity index (χ1) is 12.1. The highest BCUT2D eigenvalue weighted by Crippen LogP contribution is 2.38. The number of hydrogen-bond donors (Lipinski definition) is 0. The van der Waals surface area contributed by atoms with Crippen LogP contribution in [0.2, 0.25) is 0 Å². The van der Waals surface area contributed by atoms with Crippen LogP contribution in [0.1, 0.15) is 68.0 Å². The van der Waals surface area contributed by atoms with E-state index in [-0.39, 0.29) is 6.04 Å². The third-order valence-electron chi connectivity index (χ3n) is 5.34. The summed E-state index contributed by atoms with van der Waals surface area (Å²) in [7, 11) is 2.14. The van der Waals surface area contributed by atoms with Gasteiger partial charge in [-0.15, -0.1) is 0 Å². The SMILES string of the molecule is Cc1noc([C@H](C)N(C)[C@H]2CCCN(Cc3noc(C4CC4)n3)C2)n1. The molecular formula is C17H26N6O2. The summed E-state index contributed by atoms with van der Waals surface area (Å²) in [6.45, 7) is 6.79. The molecule has 4 rings (SSSR count). The molecule has 8 heteroatoms. The highest BCUT2D eigenvalue weighted by atomic mass is 16.5. The van der Waals surface area contributed by atoms with Crippen LogP contribution in [0.4, 0.5) is 0 Å². The molecule has 2 aromatic heterocycles. The molecule has 0 aromatic carbocycles. The van der Waals surface area contributed by atoms with Crippen LogP contribution in [0.25, 0.3) is 0 Å². The van der Waals surface area contributed by atoms with Gasteiger partial charge in [0.25, 0.3) is 0 Å². The standard InChI is InChI=1S/C17H26N6O2/c1-11(16-18-12(2)20-24-16)22(3)14-5-4-8-23(9-14)10-15-19-17(25-21-15)13-6-7-13/h11,13-14H,4-10H2,1-3H3/t11-,14-/m0/s1. The van der Waals surface area contributed by atoms with Crippen molar-refractivity contribution < 1.29 is 9.05 Å². The third-order valence-corrected chi connectivity index (χ3v) is 5.34. The predicted molar refractivity (Wildman–Crippen MR) is 89.8 cm³/mol. The fourth-order valence-electron chi connectivity index (χ4n) is 3.51. The lowest BCUT2D eigenvalue weighted by Gasteiger charge is -2.38. The molecule has 1 aliphatic heterocycles. The van der Waals surface area contributed by atoms with Crippen LogP contribution in [-0.4, -0.2) is 56.3 Å². The average Bonchev–Trinajstić information content (AvgIpc) is 3.22. The fraction of sp³-hybridized carbons (Fsp3) is 0.765. The minimum absolute atomic E-state index is 0.109. The van der Waals surface area contributed by atoms with Gasteiger partial charge in [0.2, 0.25) is 11.8 Å². The van der Waals surface area contributed by atoms with Gasteiger partial charge in [0.1, 0.15) is 0 Å². The molecule has 3 heterocycles. The highest BCUT2D eigenvalue weighted by molar-refractivity contribution is 5.02. The van der Waals surface area contributed by atoms with Gasteiger partial charge in [0.15, 0.2) is 11.6 Å². The Morgan fingerprint density at radius 3 is 2.76 bits per heavy atom. The van der Waals surface area contributed by atoms with Gasteiger partial charge >= 0.3 is 0 Å². The maximum Gasteiger partial charge on any atom is 0.243 e. The van der Waals surface area contributed by atoms with Crippen molar-refractivity contribution in [1.82, 2.24) is 30.1 Å². The highest BCUT2D eigenvalue weighted by Gasteiger charge is 2.31. The van der Waals surface area contributed by atoms with Crippen molar-refractivity contribution in [3.8, 4) is 0 Å². The van der Waals surface area contributed by atoms with Crippen molar-refractivity contribution in [2.75, 3.05) is 20.1 Å². The molecule has 1 aliphatic carbocycles. The number of aromatic nitrogens is 4. The molecule has 1 saturated carbocycles. The zero-order valence-corrected chi connectivity index (χ0v) is 15.2. The van der Waals surface area contributed by atoms with E-state index in [0.29, 0.717) is 23.7 Å². The number of nitrogens with zero attached hydrogens (tertiary/aromatic N) is 6. The normalized spacial score (nSPS) is 23.3. The molecule has 8 nitrogen and oxygen atoms in total. The summed E-state index contributed by atoms with van der Waals surface area (Å²) >= 11 is 0. The second kappa shape index (κ2) is 6.84. The molecule has 2 fully saturated rings. The van der Waals surface area contributed by atoms with Gasteiger partial charge in [0, 0.05) is 18.5 Å². The molecule has 25 heavy (non-hydrogen) atoms. The topological polar surface area (TPSA) is 84.3 Å². The Kier molecular flexibility index (Phi) is 4.56. The van der Waals surface area contributed by atoms with Crippen LogP contribution in [-0.2, 0) is 6.54 Å². The summed E-state index contributed by atoms with van der Waals surface area (Å²) in [4.78, 5) is 13.7. The second-order valence-electron chi connectivity index (χ2n) is 7.38. The molecule has 1 saturated heterocycles. The van der Waals surface area contributed by atoms with Gasteiger partial charge in [-0.1, -0.05) is 10.3 Å². The summed E-state index contributed by atoms with van der Waals surface area (Å²) in [6.07, 6.45) is 4.71. The molecule has 0 amide bonds. The van der Waals surface area contributed by atoms with Crippen molar-refractivity contribution in [2.45, 2.75) is 64.1 Å². The lowest BCUT2D eigenvalue weighted by atomic mass is 10.0. The Hall–Kier alpha value is -1.80. The largest absolute Gasteiger partial charge is 0.339 e. The molecule has 0 spiro atoms. The van der Waals surface area contributed by atoms with Gasteiger partial charge in [-0.25, -0.2) is 0 Å². The van der Waals surface area contributed by atoms with Gasteiger partial charge in [0.05, 0.1) is 12.6 Å². The molecule has 2 aromatic rings. The molecule has 0 N–H and O–H groups in total. The van der Waals surface area contributed by atoms with E-state index in [0.717, 1.165) is 37.8 Å². The second-order valence-corrected chi connectivity index (χ2v) is 7.38. The van der Waals surface area contributed by atoms with Crippen molar-refractivity contribution in [3.05, 3.63) is 23.4 Å². The zero-order chi connectivity index (χ0) is 17.4. The molecule has 0 radical (unpaired) electrons. The number of aryl methyl sites for hydroxylation is 1. The number of hydrogen-bond acceptors (Lipinski definition) is 8.